The van der Waals surface area contributed by atoms with Crippen molar-refractivity contribution in [2.75, 3.05) is 11.5 Å². The van der Waals surface area contributed by atoms with Gasteiger partial charge in [-0.3, -0.25) is 0 Å². The molecule has 5 N–H and O–H groups in total. The van der Waals surface area contributed by atoms with Gasteiger partial charge in [0.05, 0.1) is 11.8 Å². The van der Waals surface area contributed by atoms with Crippen molar-refractivity contribution < 1.29 is 14.3 Å². The minimum atomic E-state index is -0.968. The summed E-state index contributed by atoms with van der Waals surface area (Å²) >= 11 is 0. The van der Waals surface area contributed by atoms with Gasteiger partial charge in [-0.1, -0.05) is 42.5 Å². The molecule has 0 spiro atoms. The summed E-state index contributed by atoms with van der Waals surface area (Å²) in [4.78, 5) is 15.4. The van der Waals surface area contributed by atoms with Crippen molar-refractivity contribution in [3.8, 4) is 22.3 Å². The van der Waals surface area contributed by atoms with Gasteiger partial charge in [-0.15, -0.1) is 0 Å². The molecule has 0 unspecified atom stereocenters. The lowest BCUT2D eigenvalue weighted by molar-refractivity contribution is 0.0698. The third-order valence-electron chi connectivity index (χ3n) is 4.07. The van der Waals surface area contributed by atoms with Crippen LogP contribution in [0.4, 0.5) is 11.4 Å². The molecule has 0 aliphatic heterocycles. The van der Waals surface area contributed by atoms with Gasteiger partial charge >= 0.3 is 5.97 Å². The summed E-state index contributed by atoms with van der Waals surface area (Å²) in [5.74, 6) is -0.968. The molecule has 1 aromatic heterocycles. The Balaban J connectivity index is 0.000000391. The van der Waals surface area contributed by atoms with Gasteiger partial charge in [0.25, 0.3) is 0 Å². The first-order chi connectivity index (χ1) is 13.6. The Morgan fingerprint density at radius 3 is 1.64 bits per heavy atom. The maximum Gasteiger partial charge on any atom is 0.336 e. The SMILES string of the molecule is Nc1ccc(-c2cccc(-c3ccc(N)cc3)c2C(=O)O)cc1.c1cocn1. The van der Waals surface area contributed by atoms with Gasteiger partial charge in [-0.25, -0.2) is 9.78 Å². The van der Waals surface area contributed by atoms with E-state index in [-0.39, 0.29) is 5.56 Å². The number of hydrogen-bond donors (Lipinski definition) is 3. The third kappa shape index (κ3) is 4.37. The van der Waals surface area contributed by atoms with Crippen molar-refractivity contribution >= 4 is 17.3 Å². The summed E-state index contributed by atoms with van der Waals surface area (Å²) in [5.41, 5.74) is 15.9. The van der Waals surface area contributed by atoms with E-state index in [1.165, 1.54) is 12.7 Å². The first-order valence-electron chi connectivity index (χ1n) is 8.46. The molecule has 6 nitrogen and oxygen atoms in total. The highest BCUT2D eigenvalue weighted by Crippen LogP contribution is 2.33. The molecular weight excluding hydrogens is 354 g/mol. The predicted molar refractivity (Wildman–Crippen MR) is 110 cm³/mol. The topological polar surface area (TPSA) is 115 Å². The van der Waals surface area contributed by atoms with Crippen LogP contribution in [0.2, 0.25) is 0 Å². The first-order valence-corrected chi connectivity index (χ1v) is 8.46. The van der Waals surface area contributed by atoms with Crippen LogP contribution in [-0.4, -0.2) is 16.1 Å². The smallest absolute Gasteiger partial charge is 0.336 e. The van der Waals surface area contributed by atoms with Crippen molar-refractivity contribution in [3.63, 3.8) is 0 Å². The number of nitrogen functional groups attached to an aromatic ring is 2. The van der Waals surface area contributed by atoms with Crippen molar-refractivity contribution in [3.05, 3.63) is 91.1 Å². The van der Waals surface area contributed by atoms with E-state index in [1.807, 2.05) is 30.3 Å². The zero-order chi connectivity index (χ0) is 19.9. The van der Waals surface area contributed by atoms with Gasteiger partial charge in [0, 0.05) is 11.4 Å². The van der Waals surface area contributed by atoms with Crippen molar-refractivity contribution in [1.29, 1.82) is 0 Å². The summed E-state index contributed by atoms with van der Waals surface area (Å²) in [7, 11) is 0. The highest BCUT2D eigenvalue weighted by molar-refractivity contribution is 6.03. The molecule has 0 bridgehead atoms. The fourth-order valence-corrected chi connectivity index (χ4v) is 2.76. The largest absolute Gasteiger partial charge is 0.478 e. The molecule has 140 valence electrons. The molecule has 0 atom stereocenters. The molecular formula is C22H19N3O3. The average molecular weight is 373 g/mol. The number of aromatic nitrogens is 1. The minimum Gasteiger partial charge on any atom is -0.478 e. The Labute approximate surface area is 162 Å². The van der Waals surface area contributed by atoms with Gasteiger partial charge in [0.15, 0.2) is 6.39 Å². The Bertz CT molecular complexity index is 961. The summed E-state index contributed by atoms with van der Waals surface area (Å²) in [6.07, 6.45) is 4.47. The van der Waals surface area contributed by atoms with Crippen LogP contribution in [0, 0.1) is 0 Å². The maximum absolute atomic E-state index is 11.9. The molecule has 0 aliphatic rings. The van der Waals surface area contributed by atoms with Crippen molar-refractivity contribution in [2.24, 2.45) is 0 Å². The normalized spacial score (nSPS) is 10.0. The van der Waals surface area contributed by atoms with Gasteiger partial charge < -0.3 is 21.0 Å². The number of nitrogens with zero attached hydrogens (tertiary/aromatic N) is 1. The number of aromatic carboxylic acids is 1. The molecule has 0 aliphatic carbocycles. The first kappa shape index (κ1) is 18.7. The molecule has 3 aromatic carbocycles. The van der Waals surface area contributed by atoms with Gasteiger partial charge in [-0.05, 0) is 46.5 Å². The van der Waals surface area contributed by atoms with Gasteiger partial charge in [-0.2, -0.15) is 0 Å². The van der Waals surface area contributed by atoms with Crippen molar-refractivity contribution in [2.45, 2.75) is 0 Å². The molecule has 1 heterocycles. The van der Waals surface area contributed by atoms with Crippen LogP contribution < -0.4 is 11.5 Å². The highest BCUT2D eigenvalue weighted by Gasteiger charge is 2.17. The Hall–Kier alpha value is -4.06. The van der Waals surface area contributed by atoms with Crippen LogP contribution in [0.5, 0.6) is 0 Å². The van der Waals surface area contributed by atoms with E-state index < -0.39 is 5.97 Å². The maximum atomic E-state index is 11.9. The summed E-state index contributed by atoms with van der Waals surface area (Å²) in [6, 6.07) is 19.8. The summed E-state index contributed by atoms with van der Waals surface area (Å²) in [5, 5.41) is 9.73. The standard InChI is InChI=1S/C19H16N2O2.C3H3NO/c20-14-8-4-12(5-9-14)16-2-1-3-17(18(16)19(22)23)13-6-10-15(21)11-7-13;1-2-5-3-4-1/h1-11H,20-21H2,(H,22,23);1-3H. The number of carbonyl (C=O) groups is 1. The zero-order valence-corrected chi connectivity index (χ0v) is 14.9. The molecule has 0 saturated carbocycles. The summed E-state index contributed by atoms with van der Waals surface area (Å²) in [6.45, 7) is 0. The fourth-order valence-electron chi connectivity index (χ4n) is 2.76. The second-order valence-corrected chi connectivity index (χ2v) is 5.95. The number of nitrogens with two attached hydrogens (primary N) is 2. The molecule has 0 amide bonds. The number of carboxylic acid groups (broad SMARTS) is 1. The summed E-state index contributed by atoms with van der Waals surface area (Å²) < 4.78 is 4.47. The molecule has 28 heavy (non-hydrogen) atoms. The van der Waals surface area contributed by atoms with Crippen LogP contribution in [-0.2, 0) is 0 Å². The van der Waals surface area contributed by atoms with Crippen LogP contribution >= 0.6 is 0 Å². The van der Waals surface area contributed by atoms with Crippen LogP contribution in [0.1, 0.15) is 10.4 Å². The molecule has 0 saturated heterocycles. The Morgan fingerprint density at radius 1 is 0.821 bits per heavy atom. The predicted octanol–water partition coefficient (Wildman–Crippen LogP) is 4.56. The quantitative estimate of drug-likeness (QED) is 0.454. The van der Waals surface area contributed by atoms with E-state index in [0.717, 1.165) is 11.1 Å². The number of rotatable bonds is 3. The zero-order valence-electron chi connectivity index (χ0n) is 14.9. The lowest BCUT2D eigenvalue weighted by Crippen LogP contribution is -2.03. The lowest BCUT2D eigenvalue weighted by Gasteiger charge is -2.12. The van der Waals surface area contributed by atoms with E-state index in [1.54, 1.807) is 42.6 Å². The molecule has 0 radical (unpaired) electrons. The molecule has 4 aromatic rings. The van der Waals surface area contributed by atoms with Crippen molar-refractivity contribution in [1.82, 2.24) is 4.98 Å². The fraction of sp³-hybridized carbons (Fsp3) is 0. The molecule has 4 rings (SSSR count). The van der Waals surface area contributed by atoms with E-state index in [2.05, 4.69) is 9.40 Å². The third-order valence-corrected chi connectivity index (χ3v) is 4.07. The second-order valence-electron chi connectivity index (χ2n) is 5.95. The average Bonchev–Trinajstić information content (AvgIpc) is 3.29. The second kappa shape index (κ2) is 8.55. The monoisotopic (exact) mass is 373 g/mol. The Morgan fingerprint density at radius 2 is 1.32 bits per heavy atom. The lowest BCUT2D eigenvalue weighted by atomic mass is 9.91. The van der Waals surface area contributed by atoms with Gasteiger partial charge in [0.1, 0.15) is 6.26 Å². The van der Waals surface area contributed by atoms with Crippen LogP contribution in [0.3, 0.4) is 0 Å². The molecule has 0 fully saturated rings. The number of carboxylic acids is 1. The minimum absolute atomic E-state index is 0.266. The number of benzene rings is 3. The van der Waals surface area contributed by atoms with E-state index in [0.29, 0.717) is 22.5 Å². The number of anilines is 2. The van der Waals surface area contributed by atoms with E-state index >= 15 is 0 Å². The van der Waals surface area contributed by atoms with Crippen LogP contribution in [0.25, 0.3) is 22.3 Å². The Kier molecular flexibility index (Phi) is 5.72. The molecule has 6 heteroatoms. The van der Waals surface area contributed by atoms with E-state index in [4.69, 9.17) is 11.5 Å². The van der Waals surface area contributed by atoms with E-state index in [9.17, 15) is 9.90 Å². The highest BCUT2D eigenvalue weighted by atomic mass is 16.4. The van der Waals surface area contributed by atoms with Crippen LogP contribution in [0.15, 0.2) is 90.0 Å². The number of oxazole rings is 1. The van der Waals surface area contributed by atoms with Gasteiger partial charge in [0.2, 0.25) is 0 Å². The number of hydrogen-bond acceptors (Lipinski definition) is 5.